The number of rotatable bonds is 2. The number of hydrogen-bond donors (Lipinski definition) is 1. The zero-order valence-electron chi connectivity index (χ0n) is 10.8. The molecule has 2 N–H and O–H groups in total. The number of nitrogens with two attached hydrogens (primary N) is 1. The molecule has 0 aliphatic carbocycles. The molecule has 0 amide bonds. The van der Waals surface area contributed by atoms with Gasteiger partial charge in [-0.1, -0.05) is 11.6 Å². The Kier molecular flexibility index (Phi) is 4.06. The van der Waals surface area contributed by atoms with Crippen LogP contribution in [-0.2, 0) is 14.8 Å². The minimum Gasteiger partial charge on any atom is -0.397 e. The fourth-order valence-electron chi connectivity index (χ4n) is 2.16. The SMILES string of the molecule is CC1CN(S(=O)(=O)c2ccc(Cl)c(N)c2)CC(C)O1. The van der Waals surface area contributed by atoms with Gasteiger partial charge in [-0.2, -0.15) is 4.31 Å². The van der Waals surface area contributed by atoms with E-state index in [-0.39, 0.29) is 22.8 Å². The molecular weight excluding hydrogens is 288 g/mol. The average Bonchev–Trinajstić information content (AvgIpc) is 2.31. The topological polar surface area (TPSA) is 72.6 Å². The summed E-state index contributed by atoms with van der Waals surface area (Å²) in [6.07, 6.45) is -0.244. The highest BCUT2D eigenvalue weighted by Crippen LogP contribution is 2.26. The molecule has 0 radical (unpaired) electrons. The highest BCUT2D eigenvalue weighted by Gasteiger charge is 2.32. The smallest absolute Gasteiger partial charge is 0.243 e. The second kappa shape index (κ2) is 5.28. The normalized spacial score (nSPS) is 25.4. The fraction of sp³-hybridized carbons (Fsp3) is 0.500. The lowest BCUT2D eigenvalue weighted by molar-refractivity contribution is -0.0440. The number of ether oxygens (including phenoxy) is 1. The third kappa shape index (κ3) is 3.02. The molecule has 2 rings (SSSR count). The van der Waals surface area contributed by atoms with E-state index in [4.69, 9.17) is 22.1 Å². The van der Waals surface area contributed by atoms with Gasteiger partial charge in [0.1, 0.15) is 0 Å². The van der Waals surface area contributed by atoms with Crippen molar-refractivity contribution in [1.29, 1.82) is 0 Å². The van der Waals surface area contributed by atoms with Crippen molar-refractivity contribution in [3.05, 3.63) is 23.2 Å². The third-order valence-electron chi connectivity index (χ3n) is 2.99. The molecule has 2 unspecified atom stereocenters. The maximum Gasteiger partial charge on any atom is 0.243 e. The lowest BCUT2D eigenvalue weighted by Crippen LogP contribution is -2.48. The lowest BCUT2D eigenvalue weighted by Gasteiger charge is -2.34. The summed E-state index contributed by atoms with van der Waals surface area (Å²) in [7, 11) is -3.55. The Labute approximate surface area is 118 Å². The van der Waals surface area contributed by atoms with E-state index in [1.165, 1.54) is 22.5 Å². The highest BCUT2D eigenvalue weighted by molar-refractivity contribution is 7.89. The number of nitrogens with zero attached hydrogens (tertiary/aromatic N) is 1. The highest BCUT2D eigenvalue weighted by atomic mass is 35.5. The van der Waals surface area contributed by atoms with E-state index in [1.54, 1.807) is 0 Å². The standard InChI is InChI=1S/C12H17ClN2O3S/c1-8-6-15(7-9(2)18-8)19(16,17)10-3-4-11(13)12(14)5-10/h3-5,8-9H,6-7,14H2,1-2H3. The summed E-state index contributed by atoms with van der Waals surface area (Å²) in [5, 5.41) is 0.350. The number of benzene rings is 1. The summed E-state index contributed by atoms with van der Waals surface area (Å²) in [6, 6.07) is 4.36. The Hall–Kier alpha value is -0.820. The quantitative estimate of drug-likeness (QED) is 0.844. The van der Waals surface area contributed by atoms with Gasteiger partial charge >= 0.3 is 0 Å². The summed E-state index contributed by atoms with van der Waals surface area (Å²) in [4.78, 5) is 0.163. The van der Waals surface area contributed by atoms with E-state index < -0.39 is 10.0 Å². The first-order valence-electron chi connectivity index (χ1n) is 6.01. The number of morpholine rings is 1. The Morgan fingerprint density at radius 2 is 1.89 bits per heavy atom. The molecule has 1 aromatic carbocycles. The maximum absolute atomic E-state index is 12.5. The Bertz CT molecular complexity index is 566. The van der Waals surface area contributed by atoms with Crippen LogP contribution < -0.4 is 5.73 Å². The van der Waals surface area contributed by atoms with Crippen molar-refractivity contribution in [2.24, 2.45) is 0 Å². The first kappa shape index (κ1) is 14.6. The van der Waals surface area contributed by atoms with E-state index >= 15 is 0 Å². The summed E-state index contributed by atoms with van der Waals surface area (Å²) >= 11 is 5.81. The molecule has 1 saturated heterocycles. The Morgan fingerprint density at radius 3 is 2.42 bits per heavy atom. The number of halogens is 1. The molecule has 106 valence electrons. The number of anilines is 1. The van der Waals surface area contributed by atoms with Crippen LogP contribution in [0, 0.1) is 0 Å². The van der Waals surface area contributed by atoms with Gasteiger partial charge in [0.05, 0.1) is 27.8 Å². The zero-order valence-corrected chi connectivity index (χ0v) is 12.4. The predicted octanol–water partition coefficient (Wildman–Crippen LogP) is 1.72. The molecule has 1 aliphatic heterocycles. The van der Waals surface area contributed by atoms with Crippen molar-refractivity contribution in [2.45, 2.75) is 31.0 Å². The first-order valence-corrected chi connectivity index (χ1v) is 7.83. The second-order valence-electron chi connectivity index (χ2n) is 4.76. The van der Waals surface area contributed by atoms with Crippen LogP contribution in [0.2, 0.25) is 5.02 Å². The van der Waals surface area contributed by atoms with Crippen LogP contribution in [0.1, 0.15) is 13.8 Å². The number of hydrogen-bond acceptors (Lipinski definition) is 4. The monoisotopic (exact) mass is 304 g/mol. The van der Waals surface area contributed by atoms with Gasteiger partial charge in [0.15, 0.2) is 0 Å². The molecule has 7 heteroatoms. The van der Waals surface area contributed by atoms with Gasteiger partial charge in [-0.3, -0.25) is 0 Å². The molecule has 0 saturated carbocycles. The molecule has 19 heavy (non-hydrogen) atoms. The van der Waals surface area contributed by atoms with E-state index in [9.17, 15) is 8.42 Å². The summed E-state index contributed by atoms with van der Waals surface area (Å²) < 4.78 is 32.0. The summed E-state index contributed by atoms with van der Waals surface area (Å²) in [5.74, 6) is 0. The van der Waals surface area contributed by atoms with Gasteiger partial charge in [-0.05, 0) is 32.0 Å². The van der Waals surface area contributed by atoms with Gasteiger partial charge in [-0.25, -0.2) is 8.42 Å². The van der Waals surface area contributed by atoms with Crippen LogP contribution in [0.5, 0.6) is 0 Å². The molecule has 1 aromatic rings. The van der Waals surface area contributed by atoms with E-state index in [0.29, 0.717) is 18.1 Å². The van der Waals surface area contributed by atoms with Crippen molar-refractivity contribution < 1.29 is 13.2 Å². The van der Waals surface area contributed by atoms with Crippen LogP contribution in [-0.4, -0.2) is 38.0 Å². The minimum atomic E-state index is -3.55. The maximum atomic E-state index is 12.5. The van der Waals surface area contributed by atoms with Crippen LogP contribution in [0.15, 0.2) is 23.1 Å². The molecule has 0 bridgehead atoms. The van der Waals surface area contributed by atoms with Crippen molar-refractivity contribution in [2.75, 3.05) is 18.8 Å². The predicted molar refractivity (Wildman–Crippen MR) is 74.6 cm³/mol. The second-order valence-corrected chi connectivity index (χ2v) is 7.11. The molecule has 5 nitrogen and oxygen atoms in total. The lowest BCUT2D eigenvalue weighted by atomic mass is 10.3. The third-order valence-corrected chi connectivity index (χ3v) is 5.16. The number of nitrogen functional groups attached to an aromatic ring is 1. The zero-order chi connectivity index (χ0) is 14.2. The Balaban J connectivity index is 2.33. The summed E-state index contributed by atoms with van der Waals surface area (Å²) in [5.41, 5.74) is 5.92. The van der Waals surface area contributed by atoms with Gasteiger partial charge < -0.3 is 10.5 Å². The van der Waals surface area contributed by atoms with Gasteiger partial charge in [-0.15, -0.1) is 0 Å². The minimum absolute atomic E-state index is 0.122. The van der Waals surface area contributed by atoms with Crippen molar-refractivity contribution in [1.82, 2.24) is 4.31 Å². The van der Waals surface area contributed by atoms with Crippen LogP contribution in [0.25, 0.3) is 0 Å². The van der Waals surface area contributed by atoms with E-state index in [1.807, 2.05) is 13.8 Å². The van der Waals surface area contributed by atoms with Crippen LogP contribution in [0.4, 0.5) is 5.69 Å². The molecule has 2 atom stereocenters. The van der Waals surface area contributed by atoms with Crippen LogP contribution in [0.3, 0.4) is 0 Å². The molecular formula is C12H17ClN2O3S. The van der Waals surface area contributed by atoms with Crippen molar-refractivity contribution in [3.8, 4) is 0 Å². The molecule has 0 spiro atoms. The number of sulfonamides is 1. The van der Waals surface area contributed by atoms with Crippen molar-refractivity contribution in [3.63, 3.8) is 0 Å². The Morgan fingerprint density at radius 1 is 1.32 bits per heavy atom. The van der Waals surface area contributed by atoms with Gasteiger partial charge in [0.25, 0.3) is 0 Å². The molecule has 1 fully saturated rings. The van der Waals surface area contributed by atoms with Crippen LogP contribution >= 0.6 is 11.6 Å². The summed E-state index contributed by atoms with van der Waals surface area (Å²) in [6.45, 7) is 4.40. The molecule has 1 heterocycles. The average molecular weight is 305 g/mol. The largest absolute Gasteiger partial charge is 0.397 e. The van der Waals surface area contributed by atoms with Gasteiger partial charge in [0, 0.05) is 13.1 Å². The molecule has 0 aromatic heterocycles. The fourth-order valence-corrected chi connectivity index (χ4v) is 3.90. The van der Waals surface area contributed by atoms with E-state index in [2.05, 4.69) is 0 Å². The molecule has 1 aliphatic rings. The first-order chi connectivity index (χ1) is 8.80. The van der Waals surface area contributed by atoms with Crippen molar-refractivity contribution >= 4 is 27.3 Å². The van der Waals surface area contributed by atoms with Gasteiger partial charge in [0.2, 0.25) is 10.0 Å². The van der Waals surface area contributed by atoms with E-state index in [0.717, 1.165) is 0 Å².